The predicted molar refractivity (Wildman–Crippen MR) is 63.6 cm³/mol. The standard InChI is InChI=1S/C11H14ClNO4/c1-17-6-8(5-12)13-11(16)7-2-9(14)4-10(15)3-7/h2-4,8,14-15H,5-6H2,1H3,(H,13,16). The third-order valence-electron chi connectivity index (χ3n) is 2.05. The van der Waals surface area contributed by atoms with Crippen LogP contribution >= 0.6 is 11.6 Å². The van der Waals surface area contributed by atoms with Crippen LogP contribution in [0.2, 0.25) is 0 Å². The van der Waals surface area contributed by atoms with Crippen molar-refractivity contribution in [2.24, 2.45) is 0 Å². The van der Waals surface area contributed by atoms with Gasteiger partial charge in [0.2, 0.25) is 0 Å². The van der Waals surface area contributed by atoms with E-state index in [1.807, 2.05) is 0 Å². The largest absolute Gasteiger partial charge is 0.508 e. The van der Waals surface area contributed by atoms with Crippen molar-refractivity contribution >= 4 is 17.5 Å². The lowest BCUT2D eigenvalue weighted by Gasteiger charge is -2.15. The summed E-state index contributed by atoms with van der Waals surface area (Å²) in [6.45, 7) is 0.292. The number of phenols is 2. The highest BCUT2D eigenvalue weighted by atomic mass is 35.5. The van der Waals surface area contributed by atoms with E-state index >= 15 is 0 Å². The van der Waals surface area contributed by atoms with Crippen LogP contribution in [0.25, 0.3) is 0 Å². The molecule has 0 aliphatic rings. The van der Waals surface area contributed by atoms with Crippen LogP contribution in [0, 0.1) is 0 Å². The quantitative estimate of drug-likeness (QED) is 0.692. The van der Waals surface area contributed by atoms with Gasteiger partial charge in [-0.1, -0.05) is 0 Å². The van der Waals surface area contributed by atoms with Crippen molar-refractivity contribution in [1.29, 1.82) is 0 Å². The number of benzene rings is 1. The van der Waals surface area contributed by atoms with Gasteiger partial charge in [-0.2, -0.15) is 0 Å². The normalized spacial score (nSPS) is 12.1. The summed E-state index contributed by atoms with van der Waals surface area (Å²) in [6.07, 6.45) is 0. The minimum atomic E-state index is -0.432. The molecule has 1 aromatic carbocycles. The van der Waals surface area contributed by atoms with Crippen molar-refractivity contribution in [1.82, 2.24) is 5.32 Å². The van der Waals surface area contributed by atoms with E-state index in [9.17, 15) is 15.0 Å². The molecule has 6 heteroatoms. The van der Waals surface area contributed by atoms with Gasteiger partial charge in [0, 0.05) is 24.6 Å². The smallest absolute Gasteiger partial charge is 0.251 e. The van der Waals surface area contributed by atoms with Crippen LogP contribution in [0.4, 0.5) is 0 Å². The molecule has 0 fully saturated rings. The van der Waals surface area contributed by atoms with Crippen LogP contribution in [0.1, 0.15) is 10.4 Å². The van der Waals surface area contributed by atoms with Crippen LogP contribution in [-0.2, 0) is 4.74 Å². The van der Waals surface area contributed by atoms with Gasteiger partial charge in [0.15, 0.2) is 0 Å². The number of amides is 1. The highest BCUT2D eigenvalue weighted by molar-refractivity contribution is 6.18. The molecule has 1 atom stereocenters. The molecule has 0 spiro atoms. The maximum absolute atomic E-state index is 11.7. The summed E-state index contributed by atoms with van der Waals surface area (Å²) in [4.78, 5) is 11.7. The van der Waals surface area contributed by atoms with Crippen molar-refractivity contribution in [2.45, 2.75) is 6.04 Å². The Bertz CT molecular complexity index is 377. The summed E-state index contributed by atoms with van der Waals surface area (Å²) < 4.78 is 4.88. The fourth-order valence-electron chi connectivity index (χ4n) is 1.32. The first kappa shape index (κ1) is 13.6. The number of phenolic OH excluding ortho intramolecular Hbond substituents is 2. The van der Waals surface area contributed by atoms with E-state index < -0.39 is 5.91 Å². The van der Waals surface area contributed by atoms with Crippen molar-refractivity contribution < 1.29 is 19.7 Å². The number of rotatable bonds is 5. The highest BCUT2D eigenvalue weighted by Gasteiger charge is 2.14. The minimum Gasteiger partial charge on any atom is -0.508 e. The van der Waals surface area contributed by atoms with Crippen LogP contribution in [0.5, 0.6) is 11.5 Å². The van der Waals surface area contributed by atoms with Gasteiger partial charge in [-0.15, -0.1) is 11.6 Å². The zero-order valence-electron chi connectivity index (χ0n) is 9.31. The van der Waals surface area contributed by atoms with E-state index in [-0.39, 0.29) is 29.0 Å². The van der Waals surface area contributed by atoms with Gasteiger partial charge < -0.3 is 20.3 Å². The second kappa shape index (κ2) is 6.32. The first-order valence-corrected chi connectivity index (χ1v) is 5.49. The Morgan fingerprint density at radius 1 is 1.41 bits per heavy atom. The molecule has 0 saturated heterocycles. The number of aromatic hydroxyl groups is 2. The van der Waals surface area contributed by atoms with E-state index in [0.717, 1.165) is 6.07 Å². The Kier molecular flexibility index (Phi) is 5.06. The topological polar surface area (TPSA) is 78.8 Å². The lowest BCUT2D eigenvalue weighted by atomic mass is 10.2. The number of nitrogens with one attached hydrogen (secondary N) is 1. The van der Waals surface area contributed by atoms with Crippen LogP contribution < -0.4 is 5.32 Å². The average Bonchev–Trinajstić information content (AvgIpc) is 2.27. The number of carbonyl (C=O) groups is 1. The van der Waals surface area contributed by atoms with Crippen molar-refractivity contribution in [3.05, 3.63) is 23.8 Å². The van der Waals surface area contributed by atoms with E-state index in [2.05, 4.69) is 5.32 Å². The zero-order chi connectivity index (χ0) is 12.8. The van der Waals surface area contributed by atoms with Crippen LogP contribution in [0.15, 0.2) is 18.2 Å². The molecule has 0 saturated carbocycles. The molecule has 0 heterocycles. The lowest BCUT2D eigenvalue weighted by Crippen LogP contribution is -2.39. The maximum Gasteiger partial charge on any atom is 0.251 e. The fraction of sp³-hybridized carbons (Fsp3) is 0.364. The number of alkyl halides is 1. The Morgan fingerprint density at radius 2 is 2.00 bits per heavy atom. The minimum absolute atomic E-state index is 0.161. The van der Waals surface area contributed by atoms with Gasteiger partial charge in [-0.05, 0) is 12.1 Å². The fourth-order valence-corrected chi connectivity index (χ4v) is 1.49. The molecular weight excluding hydrogens is 246 g/mol. The molecule has 17 heavy (non-hydrogen) atoms. The summed E-state index contributed by atoms with van der Waals surface area (Å²) in [6, 6.07) is 3.34. The predicted octanol–water partition coefficient (Wildman–Crippen LogP) is 1.08. The molecule has 3 N–H and O–H groups in total. The van der Waals surface area contributed by atoms with Crippen molar-refractivity contribution in [3.8, 4) is 11.5 Å². The summed E-state index contributed by atoms with van der Waals surface area (Å²) in [5.41, 5.74) is 0.161. The summed E-state index contributed by atoms with van der Waals surface area (Å²) in [5.74, 6) is -0.572. The number of carbonyl (C=O) groups excluding carboxylic acids is 1. The Hall–Kier alpha value is -1.46. The molecular formula is C11H14ClNO4. The van der Waals surface area contributed by atoms with Gasteiger partial charge in [0.1, 0.15) is 11.5 Å². The first-order valence-electron chi connectivity index (χ1n) is 4.95. The summed E-state index contributed by atoms with van der Waals surface area (Å²) >= 11 is 5.65. The van der Waals surface area contributed by atoms with Gasteiger partial charge >= 0.3 is 0 Å². The molecule has 0 aliphatic carbocycles. The Labute approximate surface area is 104 Å². The molecule has 0 bridgehead atoms. The van der Waals surface area contributed by atoms with E-state index in [4.69, 9.17) is 16.3 Å². The van der Waals surface area contributed by atoms with Gasteiger partial charge in [0.25, 0.3) is 5.91 Å². The lowest BCUT2D eigenvalue weighted by molar-refractivity contribution is 0.0906. The molecule has 1 rings (SSSR count). The molecule has 5 nitrogen and oxygen atoms in total. The average molecular weight is 260 g/mol. The summed E-state index contributed by atoms with van der Waals surface area (Å²) in [5, 5.41) is 21.1. The van der Waals surface area contributed by atoms with E-state index in [0.29, 0.717) is 6.61 Å². The molecule has 1 amide bonds. The molecule has 1 unspecified atom stereocenters. The number of ether oxygens (including phenoxy) is 1. The zero-order valence-corrected chi connectivity index (χ0v) is 10.1. The van der Waals surface area contributed by atoms with Crippen LogP contribution in [-0.4, -0.2) is 41.8 Å². The third-order valence-corrected chi connectivity index (χ3v) is 2.43. The second-order valence-corrected chi connectivity index (χ2v) is 3.83. The number of hydrogen-bond donors (Lipinski definition) is 3. The molecule has 0 aromatic heterocycles. The van der Waals surface area contributed by atoms with Gasteiger partial charge in [-0.25, -0.2) is 0 Å². The first-order chi connectivity index (χ1) is 8.06. The third kappa shape index (κ3) is 4.13. The molecule has 0 aliphatic heterocycles. The Balaban J connectivity index is 2.75. The molecule has 1 aromatic rings. The number of methoxy groups -OCH3 is 1. The van der Waals surface area contributed by atoms with Crippen molar-refractivity contribution in [2.75, 3.05) is 19.6 Å². The van der Waals surface area contributed by atoms with Crippen LogP contribution in [0.3, 0.4) is 0 Å². The monoisotopic (exact) mass is 259 g/mol. The summed E-state index contributed by atoms with van der Waals surface area (Å²) in [7, 11) is 1.51. The van der Waals surface area contributed by atoms with Gasteiger partial charge in [-0.3, -0.25) is 4.79 Å². The van der Waals surface area contributed by atoms with E-state index in [1.165, 1.54) is 19.2 Å². The number of halogens is 1. The number of hydrogen-bond acceptors (Lipinski definition) is 4. The van der Waals surface area contributed by atoms with E-state index in [1.54, 1.807) is 0 Å². The van der Waals surface area contributed by atoms with Crippen molar-refractivity contribution in [3.63, 3.8) is 0 Å². The SMILES string of the molecule is COCC(CCl)NC(=O)c1cc(O)cc(O)c1. The molecule has 0 radical (unpaired) electrons. The Morgan fingerprint density at radius 3 is 2.47 bits per heavy atom. The highest BCUT2D eigenvalue weighted by Crippen LogP contribution is 2.20. The second-order valence-electron chi connectivity index (χ2n) is 3.52. The van der Waals surface area contributed by atoms with Gasteiger partial charge in [0.05, 0.1) is 12.6 Å². The molecule has 94 valence electrons. The maximum atomic E-state index is 11.7.